The Balaban J connectivity index is 1.48. The molecule has 0 fully saturated rings. The summed E-state index contributed by atoms with van der Waals surface area (Å²) in [6.07, 6.45) is 1.49. The minimum absolute atomic E-state index is 0.0660. The standard InChI is InChI=1S/C25H16Cl2O6/c1-31-22-11-14(10-18-24(29)16-4-2-3-5-17(16)25(18)30)6-8-21(22)33-23(28)13-32-20-9-7-15(26)12-19(20)27/h2-12H,13H2,1H3. The van der Waals surface area contributed by atoms with Gasteiger partial charge in [-0.2, -0.15) is 0 Å². The molecule has 0 aliphatic heterocycles. The Kier molecular flexibility index (Phi) is 6.49. The van der Waals surface area contributed by atoms with Crippen LogP contribution in [0.5, 0.6) is 17.2 Å². The first kappa shape index (κ1) is 22.6. The third kappa shape index (κ3) is 4.77. The Hall–Kier alpha value is -3.61. The van der Waals surface area contributed by atoms with E-state index in [-0.39, 0.29) is 33.7 Å². The van der Waals surface area contributed by atoms with Crippen molar-refractivity contribution in [3.63, 3.8) is 0 Å². The molecule has 0 saturated heterocycles. The number of Topliss-reactive ketones (excluding diaryl/α,β-unsaturated/α-hetero) is 2. The molecule has 0 bridgehead atoms. The second kappa shape index (κ2) is 9.48. The zero-order valence-electron chi connectivity index (χ0n) is 17.3. The van der Waals surface area contributed by atoms with Crippen LogP contribution in [0.4, 0.5) is 0 Å². The molecule has 1 aliphatic carbocycles. The highest BCUT2D eigenvalue weighted by Gasteiger charge is 2.32. The van der Waals surface area contributed by atoms with Crippen LogP contribution in [-0.2, 0) is 4.79 Å². The number of halogens is 2. The molecular weight excluding hydrogens is 467 g/mol. The number of rotatable bonds is 6. The van der Waals surface area contributed by atoms with Gasteiger partial charge in [0.2, 0.25) is 0 Å². The molecule has 0 unspecified atom stereocenters. The first-order valence-electron chi connectivity index (χ1n) is 9.74. The Morgan fingerprint density at radius 3 is 2.18 bits per heavy atom. The molecular formula is C25H16Cl2O6. The molecule has 0 saturated carbocycles. The lowest BCUT2D eigenvalue weighted by molar-refractivity contribution is -0.136. The summed E-state index contributed by atoms with van der Waals surface area (Å²) in [6, 6.07) is 16.0. The molecule has 0 heterocycles. The molecule has 0 amide bonds. The number of ketones is 2. The summed E-state index contributed by atoms with van der Waals surface area (Å²) < 4.78 is 16.0. The van der Waals surface area contributed by atoms with E-state index in [0.29, 0.717) is 27.5 Å². The summed E-state index contributed by atoms with van der Waals surface area (Å²) in [6.45, 7) is -0.391. The Bertz CT molecular complexity index is 1270. The van der Waals surface area contributed by atoms with Crippen molar-refractivity contribution in [2.45, 2.75) is 0 Å². The van der Waals surface area contributed by atoms with Gasteiger partial charge in [-0.15, -0.1) is 0 Å². The molecule has 6 nitrogen and oxygen atoms in total. The van der Waals surface area contributed by atoms with Crippen LogP contribution in [0.1, 0.15) is 26.3 Å². The van der Waals surface area contributed by atoms with Gasteiger partial charge in [0.1, 0.15) is 5.75 Å². The fourth-order valence-corrected chi connectivity index (χ4v) is 3.77. The Morgan fingerprint density at radius 1 is 0.879 bits per heavy atom. The lowest BCUT2D eigenvalue weighted by atomic mass is 10.1. The van der Waals surface area contributed by atoms with Crippen LogP contribution in [-0.4, -0.2) is 31.3 Å². The maximum absolute atomic E-state index is 12.6. The maximum Gasteiger partial charge on any atom is 0.349 e. The average Bonchev–Trinajstić information content (AvgIpc) is 3.04. The largest absolute Gasteiger partial charge is 0.493 e. The highest BCUT2D eigenvalue weighted by Crippen LogP contribution is 2.32. The van der Waals surface area contributed by atoms with Crippen molar-refractivity contribution in [3.8, 4) is 17.2 Å². The number of hydrogen-bond donors (Lipinski definition) is 0. The molecule has 33 heavy (non-hydrogen) atoms. The molecule has 3 aromatic rings. The number of carbonyl (C=O) groups is 3. The molecule has 0 atom stereocenters. The third-order valence-corrected chi connectivity index (χ3v) is 5.40. The van der Waals surface area contributed by atoms with Gasteiger partial charge in [0, 0.05) is 16.1 Å². The van der Waals surface area contributed by atoms with Gasteiger partial charge in [0.05, 0.1) is 17.7 Å². The quantitative estimate of drug-likeness (QED) is 0.201. The van der Waals surface area contributed by atoms with Gasteiger partial charge in [-0.05, 0) is 42.0 Å². The van der Waals surface area contributed by atoms with E-state index in [1.165, 1.54) is 25.3 Å². The molecule has 0 radical (unpaired) electrons. The number of esters is 1. The van der Waals surface area contributed by atoms with Crippen molar-refractivity contribution in [1.29, 1.82) is 0 Å². The molecule has 3 aromatic carbocycles. The summed E-state index contributed by atoms with van der Waals surface area (Å²) in [7, 11) is 1.41. The molecule has 8 heteroatoms. The number of ether oxygens (including phenoxy) is 3. The van der Waals surface area contributed by atoms with E-state index in [9.17, 15) is 14.4 Å². The number of carbonyl (C=O) groups excluding carboxylic acids is 3. The zero-order chi connectivity index (χ0) is 23.5. The SMILES string of the molecule is COc1cc(C=C2C(=O)c3ccccc3C2=O)ccc1OC(=O)COc1ccc(Cl)cc1Cl. The lowest BCUT2D eigenvalue weighted by Gasteiger charge is -2.11. The zero-order valence-corrected chi connectivity index (χ0v) is 18.8. The van der Waals surface area contributed by atoms with Crippen molar-refractivity contribution in [2.75, 3.05) is 13.7 Å². The molecule has 166 valence electrons. The first-order chi connectivity index (χ1) is 15.9. The summed E-state index contributed by atoms with van der Waals surface area (Å²) in [5.74, 6) is -0.646. The second-order valence-corrected chi connectivity index (χ2v) is 7.85. The summed E-state index contributed by atoms with van der Waals surface area (Å²) in [5.41, 5.74) is 1.37. The van der Waals surface area contributed by atoms with Gasteiger partial charge in [0.25, 0.3) is 0 Å². The monoisotopic (exact) mass is 482 g/mol. The number of methoxy groups -OCH3 is 1. The lowest BCUT2D eigenvalue weighted by Crippen LogP contribution is -2.18. The minimum atomic E-state index is -0.679. The van der Waals surface area contributed by atoms with Crippen molar-refractivity contribution >= 4 is 46.8 Å². The molecule has 4 rings (SSSR count). The van der Waals surface area contributed by atoms with Crippen LogP contribution in [0.25, 0.3) is 6.08 Å². The summed E-state index contributed by atoms with van der Waals surface area (Å²) >= 11 is 11.9. The van der Waals surface area contributed by atoms with Crippen molar-refractivity contribution in [2.24, 2.45) is 0 Å². The van der Waals surface area contributed by atoms with Crippen molar-refractivity contribution in [1.82, 2.24) is 0 Å². The van der Waals surface area contributed by atoms with Gasteiger partial charge in [0.15, 0.2) is 29.7 Å². The first-order valence-corrected chi connectivity index (χ1v) is 10.5. The van der Waals surface area contributed by atoms with E-state index < -0.39 is 12.6 Å². The number of hydrogen-bond acceptors (Lipinski definition) is 6. The van der Waals surface area contributed by atoms with E-state index >= 15 is 0 Å². The maximum atomic E-state index is 12.6. The van der Waals surface area contributed by atoms with Gasteiger partial charge in [-0.3, -0.25) is 9.59 Å². The Morgan fingerprint density at radius 2 is 1.55 bits per heavy atom. The van der Waals surface area contributed by atoms with Gasteiger partial charge in [-0.25, -0.2) is 4.79 Å². The normalized spacial score (nSPS) is 12.4. The fraction of sp³-hybridized carbons (Fsp3) is 0.0800. The number of benzene rings is 3. The number of allylic oxidation sites excluding steroid dienone is 1. The molecule has 1 aliphatic rings. The van der Waals surface area contributed by atoms with Crippen LogP contribution < -0.4 is 14.2 Å². The summed E-state index contributed by atoms with van der Waals surface area (Å²) in [5, 5.41) is 0.711. The fourth-order valence-electron chi connectivity index (χ4n) is 3.31. The highest BCUT2D eigenvalue weighted by molar-refractivity contribution is 6.41. The van der Waals surface area contributed by atoms with E-state index in [1.807, 2.05) is 0 Å². The number of fused-ring (bicyclic) bond motifs is 1. The third-order valence-electron chi connectivity index (χ3n) is 4.87. The average molecular weight is 483 g/mol. The Labute approximate surface area is 199 Å². The van der Waals surface area contributed by atoms with Crippen LogP contribution >= 0.6 is 23.2 Å². The van der Waals surface area contributed by atoms with E-state index in [2.05, 4.69) is 0 Å². The van der Waals surface area contributed by atoms with Gasteiger partial charge >= 0.3 is 5.97 Å². The van der Waals surface area contributed by atoms with E-state index in [1.54, 1.807) is 48.5 Å². The molecule has 0 spiro atoms. The summed E-state index contributed by atoms with van der Waals surface area (Å²) in [4.78, 5) is 37.4. The van der Waals surface area contributed by atoms with Gasteiger partial charge < -0.3 is 14.2 Å². The predicted molar refractivity (Wildman–Crippen MR) is 124 cm³/mol. The molecule has 0 N–H and O–H groups in total. The second-order valence-electron chi connectivity index (χ2n) is 7.01. The van der Waals surface area contributed by atoms with E-state index in [4.69, 9.17) is 37.4 Å². The van der Waals surface area contributed by atoms with Crippen LogP contribution in [0, 0.1) is 0 Å². The highest BCUT2D eigenvalue weighted by atomic mass is 35.5. The van der Waals surface area contributed by atoms with Crippen molar-refractivity contribution in [3.05, 3.63) is 93.0 Å². The van der Waals surface area contributed by atoms with Gasteiger partial charge in [-0.1, -0.05) is 53.5 Å². The topological polar surface area (TPSA) is 78.9 Å². The minimum Gasteiger partial charge on any atom is -0.493 e. The smallest absolute Gasteiger partial charge is 0.349 e. The van der Waals surface area contributed by atoms with Crippen LogP contribution in [0.3, 0.4) is 0 Å². The van der Waals surface area contributed by atoms with Crippen LogP contribution in [0.15, 0.2) is 66.2 Å². The van der Waals surface area contributed by atoms with E-state index in [0.717, 1.165) is 0 Å². The van der Waals surface area contributed by atoms with Crippen molar-refractivity contribution < 1.29 is 28.6 Å². The predicted octanol–water partition coefficient (Wildman–Crippen LogP) is 5.45. The molecule has 0 aromatic heterocycles. The van der Waals surface area contributed by atoms with Crippen LogP contribution in [0.2, 0.25) is 10.0 Å².